The molecule has 0 aromatic carbocycles. The number of nitrogens with one attached hydrogen (secondary N) is 2. The van der Waals surface area contributed by atoms with Crippen LogP contribution in [0.25, 0.3) is 0 Å². The van der Waals surface area contributed by atoms with E-state index in [9.17, 15) is 9.59 Å². The summed E-state index contributed by atoms with van der Waals surface area (Å²) < 4.78 is 11.3. The zero-order valence-corrected chi connectivity index (χ0v) is 10.9. The van der Waals surface area contributed by atoms with Gasteiger partial charge in [-0.2, -0.15) is 0 Å². The van der Waals surface area contributed by atoms with Crippen molar-refractivity contribution in [2.24, 2.45) is 0 Å². The smallest absolute Gasteiger partial charge is 0.243 e. The van der Waals surface area contributed by atoms with Crippen molar-refractivity contribution < 1.29 is 19.1 Å². The Kier molecular flexibility index (Phi) is 3.56. The van der Waals surface area contributed by atoms with E-state index in [-0.39, 0.29) is 29.5 Å². The van der Waals surface area contributed by atoms with Crippen LogP contribution in [-0.2, 0) is 19.1 Å². The predicted molar refractivity (Wildman–Crippen MR) is 66.4 cm³/mol. The number of carbonyl (C=O) groups excluding carboxylic acids is 2. The van der Waals surface area contributed by atoms with Gasteiger partial charge in [0.25, 0.3) is 0 Å². The SMILES string of the molecule is O=C1CCC(NC2CCOC3(CCOC3)C2)C(=O)N1. The van der Waals surface area contributed by atoms with Gasteiger partial charge < -0.3 is 14.8 Å². The minimum atomic E-state index is -0.250. The van der Waals surface area contributed by atoms with Gasteiger partial charge in [0.1, 0.15) is 0 Å². The second-order valence-corrected chi connectivity index (χ2v) is 5.69. The van der Waals surface area contributed by atoms with Crippen molar-refractivity contribution in [3.05, 3.63) is 0 Å². The summed E-state index contributed by atoms with van der Waals surface area (Å²) in [7, 11) is 0. The monoisotopic (exact) mass is 268 g/mol. The molecule has 3 rings (SSSR count). The van der Waals surface area contributed by atoms with Crippen LogP contribution in [0.4, 0.5) is 0 Å². The van der Waals surface area contributed by atoms with E-state index in [1.165, 1.54) is 0 Å². The maximum atomic E-state index is 11.7. The summed E-state index contributed by atoms with van der Waals surface area (Å²) in [6, 6.07) is 0.0135. The number of piperidine rings is 1. The Labute approximate surface area is 112 Å². The fourth-order valence-corrected chi connectivity index (χ4v) is 3.17. The molecule has 3 saturated heterocycles. The molecule has 3 unspecified atom stereocenters. The van der Waals surface area contributed by atoms with Crippen LogP contribution in [0.15, 0.2) is 0 Å². The van der Waals surface area contributed by atoms with Crippen molar-refractivity contribution in [2.75, 3.05) is 19.8 Å². The van der Waals surface area contributed by atoms with Crippen molar-refractivity contribution in [3.8, 4) is 0 Å². The zero-order valence-electron chi connectivity index (χ0n) is 10.9. The standard InChI is InChI=1S/C13H20N2O4/c16-11-2-1-10(12(17)15-11)14-9-3-5-19-13(7-9)4-6-18-8-13/h9-10,14H,1-8H2,(H,15,16,17). The lowest BCUT2D eigenvalue weighted by molar-refractivity contribution is -0.135. The van der Waals surface area contributed by atoms with Crippen LogP contribution in [0.1, 0.15) is 32.1 Å². The fourth-order valence-electron chi connectivity index (χ4n) is 3.17. The number of rotatable bonds is 2. The topological polar surface area (TPSA) is 76.7 Å². The largest absolute Gasteiger partial charge is 0.378 e. The summed E-state index contributed by atoms with van der Waals surface area (Å²) in [5.74, 6) is -0.366. The molecule has 6 nitrogen and oxygen atoms in total. The van der Waals surface area contributed by atoms with Gasteiger partial charge in [-0.15, -0.1) is 0 Å². The molecular formula is C13H20N2O4. The van der Waals surface area contributed by atoms with Gasteiger partial charge in [0.15, 0.2) is 0 Å². The molecule has 3 heterocycles. The number of hydrogen-bond donors (Lipinski definition) is 2. The number of imide groups is 1. The average molecular weight is 268 g/mol. The number of hydrogen-bond acceptors (Lipinski definition) is 5. The summed E-state index contributed by atoms with van der Waals surface area (Å²) >= 11 is 0. The first kappa shape index (κ1) is 13.0. The molecule has 106 valence electrons. The van der Waals surface area contributed by atoms with E-state index in [1.807, 2.05) is 0 Å². The maximum absolute atomic E-state index is 11.7. The Morgan fingerprint density at radius 3 is 2.89 bits per heavy atom. The van der Waals surface area contributed by atoms with Gasteiger partial charge in [-0.3, -0.25) is 14.9 Å². The van der Waals surface area contributed by atoms with Crippen LogP contribution in [0.3, 0.4) is 0 Å². The van der Waals surface area contributed by atoms with E-state index in [4.69, 9.17) is 9.47 Å². The van der Waals surface area contributed by atoms with E-state index in [2.05, 4.69) is 10.6 Å². The molecule has 0 aromatic heterocycles. The lowest BCUT2D eigenvalue weighted by Crippen LogP contribution is -2.56. The molecule has 19 heavy (non-hydrogen) atoms. The summed E-state index contributed by atoms with van der Waals surface area (Å²) in [6.07, 6.45) is 3.72. The zero-order chi connectivity index (χ0) is 13.3. The van der Waals surface area contributed by atoms with Crippen molar-refractivity contribution in [2.45, 2.75) is 49.8 Å². The molecule has 2 N–H and O–H groups in total. The Morgan fingerprint density at radius 2 is 2.16 bits per heavy atom. The Hall–Kier alpha value is -0.980. The second-order valence-electron chi connectivity index (χ2n) is 5.69. The lowest BCUT2D eigenvalue weighted by Gasteiger charge is -2.39. The first-order valence-electron chi connectivity index (χ1n) is 6.98. The molecule has 1 spiro atoms. The minimum absolute atomic E-state index is 0.156. The highest BCUT2D eigenvalue weighted by atomic mass is 16.6. The molecule has 0 aromatic rings. The summed E-state index contributed by atoms with van der Waals surface area (Å²) in [4.78, 5) is 22.9. The fraction of sp³-hybridized carbons (Fsp3) is 0.846. The van der Waals surface area contributed by atoms with E-state index in [1.54, 1.807) is 0 Å². The van der Waals surface area contributed by atoms with Crippen molar-refractivity contribution in [3.63, 3.8) is 0 Å². The molecule has 0 radical (unpaired) electrons. The van der Waals surface area contributed by atoms with Crippen LogP contribution in [0, 0.1) is 0 Å². The number of amides is 2. The highest BCUT2D eigenvalue weighted by molar-refractivity contribution is 6.00. The third kappa shape index (κ3) is 2.80. The Bertz CT molecular complexity index is 379. The summed E-state index contributed by atoms with van der Waals surface area (Å²) in [6.45, 7) is 2.11. The van der Waals surface area contributed by atoms with E-state index < -0.39 is 0 Å². The molecule has 3 fully saturated rings. The van der Waals surface area contributed by atoms with Gasteiger partial charge >= 0.3 is 0 Å². The van der Waals surface area contributed by atoms with Gasteiger partial charge in [0, 0.05) is 32.1 Å². The van der Waals surface area contributed by atoms with Gasteiger partial charge in [-0.1, -0.05) is 0 Å². The van der Waals surface area contributed by atoms with Crippen LogP contribution in [-0.4, -0.2) is 49.3 Å². The molecule has 0 saturated carbocycles. The molecule has 0 bridgehead atoms. The minimum Gasteiger partial charge on any atom is -0.378 e. The molecule has 2 amide bonds. The normalized spacial score (nSPS) is 39.6. The van der Waals surface area contributed by atoms with Gasteiger partial charge in [0.05, 0.1) is 18.2 Å². The average Bonchev–Trinajstić information content (AvgIpc) is 2.81. The maximum Gasteiger partial charge on any atom is 0.243 e. The number of carbonyl (C=O) groups is 2. The second kappa shape index (κ2) is 5.19. The van der Waals surface area contributed by atoms with E-state index in [0.717, 1.165) is 25.9 Å². The van der Waals surface area contributed by atoms with Gasteiger partial charge in [-0.05, 0) is 19.3 Å². The first-order chi connectivity index (χ1) is 9.17. The highest BCUT2D eigenvalue weighted by Crippen LogP contribution is 2.33. The molecule has 6 heteroatoms. The van der Waals surface area contributed by atoms with Crippen molar-refractivity contribution in [1.29, 1.82) is 0 Å². The first-order valence-corrected chi connectivity index (χ1v) is 6.98. The third-order valence-corrected chi connectivity index (χ3v) is 4.24. The summed E-state index contributed by atoms with van der Waals surface area (Å²) in [5.41, 5.74) is -0.156. The van der Waals surface area contributed by atoms with Gasteiger partial charge in [-0.25, -0.2) is 0 Å². The molecule has 0 aliphatic carbocycles. The van der Waals surface area contributed by atoms with E-state index in [0.29, 0.717) is 26.1 Å². The van der Waals surface area contributed by atoms with Gasteiger partial charge in [0.2, 0.25) is 11.8 Å². The molecule has 3 aliphatic heterocycles. The van der Waals surface area contributed by atoms with Crippen LogP contribution in [0.2, 0.25) is 0 Å². The number of ether oxygens (including phenoxy) is 2. The third-order valence-electron chi connectivity index (χ3n) is 4.24. The van der Waals surface area contributed by atoms with Crippen LogP contribution >= 0.6 is 0 Å². The quantitative estimate of drug-likeness (QED) is 0.674. The van der Waals surface area contributed by atoms with Crippen molar-refractivity contribution in [1.82, 2.24) is 10.6 Å². The molecule has 3 aliphatic rings. The Morgan fingerprint density at radius 1 is 1.26 bits per heavy atom. The Balaban J connectivity index is 1.57. The van der Waals surface area contributed by atoms with Crippen LogP contribution in [0.5, 0.6) is 0 Å². The predicted octanol–water partition coefficient (Wildman–Crippen LogP) is -0.281. The lowest BCUT2D eigenvalue weighted by atomic mass is 9.89. The molecule has 3 atom stereocenters. The highest BCUT2D eigenvalue weighted by Gasteiger charge is 2.42. The van der Waals surface area contributed by atoms with E-state index >= 15 is 0 Å². The molecular weight excluding hydrogens is 248 g/mol. The van der Waals surface area contributed by atoms with Crippen molar-refractivity contribution >= 4 is 11.8 Å². The van der Waals surface area contributed by atoms with Crippen LogP contribution < -0.4 is 10.6 Å². The summed E-state index contributed by atoms with van der Waals surface area (Å²) in [5, 5.41) is 5.76.